The van der Waals surface area contributed by atoms with Crippen molar-refractivity contribution in [3.8, 4) is 11.3 Å². The number of benzene rings is 1. The van der Waals surface area contributed by atoms with Gasteiger partial charge in [0.2, 0.25) is 0 Å². The summed E-state index contributed by atoms with van der Waals surface area (Å²) in [6.07, 6.45) is 1.86. The molecule has 1 amide bonds. The second kappa shape index (κ2) is 9.26. The van der Waals surface area contributed by atoms with E-state index in [1.807, 2.05) is 12.1 Å². The number of halogens is 1. The molecule has 0 saturated carbocycles. The number of amides is 1. The van der Waals surface area contributed by atoms with Crippen molar-refractivity contribution in [3.05, 3.63) is 41.0 Å². The number of carbonyl (C=O) groups is 1. The number of hydrogen-bond donors (Lipinski definition) is 1. The largest absolute Gasteiger partial charge is 0.381 e. The Morgan fingerprint density at radius 1 is 1.10 bits per heavy atom. The zero-order chi connectivity index (χ0) is 20.1. The minimum atomic E-state index is -0.221. The highest BCUT2D eigenvalue weighted by Gasteiger charge is 2.35. The number of carbonyl (C=O) groups excluding carboxylic acids is 1. The molecule has 0 bridgehead atoms. The van der Waals surface area contributed by atoms with Crippen molar-refractivity contribution in [2.45, 2.75) is 12.8 Å². The molecule has 3 heterocycles. The molecule has 29 heavy (non-hydrogen) atoms. The fourth-order valence-electron chi connectivity index (χ4n) is 3.92. The van der Waals surface area contributed by atoms with Gasteiger partial charge in [0.15, 0.2) is 11.5 Å². The third-order valence-electron chi connectivity index (χ3n) is 5.71. The first-order chi connectivity index (χ1) is 14.1. The smallest absolute Gasteiger partial charge is 0.273 e. The number of ether oxygens (including phenoxy) is 2. The highest BCUT2D eigenvalue weighted by Crippen LogP contribution is 2.31. The molecule has 2 aliphatic heterocycles. The van der Waals surface area contributed by atoms with Crippen LogP contribution in [-0.2, 0) is 9.47 Å². The Labute approximate surface area is 175 Å². The SMILES string of the molecule is O=C(NCC1(CN2CCOCC2)CCOCC1)c1cc(-c2ccc(Cl)cc2)on1. The van der Waals surface area contributed by atoms with Gasteiger partial charge in [0.25, 0.3) is 5.91 Å². The van der Waals surface area contributed by atoms with E-state index in [1.54, 1.807) is 18.2 Å². The van der Waals surface area contributed by atoms with E-state index in [0.717, 1.165) is 64.5 Å². The maximum absolute atomic E-state index is 12.7. The Kier molecular flexibility index (Phi) is 6.50. The first kappa shape index (κ1) is 20.3. The Hall–Kier alpha value is -1.93. The lowest BCUT2D eigenvalue weighted by molar-refractivity contribution is -0.0283. The Balaban J connectivity index is 1.39. The lowest BCUT2D eigenvalue weighted by atomic mass is 9.79. The van der Waals surface area contributed by atoms with Gasteiger partial charge in [-0.25, -0.2) is 0 Å². The Morgan fingerprint density at radius 3 is 2.52 bits per heavy atom. The zero-order valence-corrected chi connectivity index (χ0v) is 17.1. The van der Waals surface area contributed by atoms with Crippen molar-refractivity contribution < 1.29 is 18.8 Å². The highest BCUT2D eigenvalue weighted by molar-refractivity contribution is 6.30. The average molecular weight is 420 g/mol. The maximum atomic E-state index is 12.7. The standard InChI is InChI=1S/C21H26ClN3O4/c22-17-3-1-16(2-4-17)19-13-18(24-29-19)20(26)23-14-21(5-9-27-10-6-21)15-25-7-11-28-12-8-25/h1-4,13H,5-12,14-15H2,(H,23,26). The molecule has 4 rings (SSSR count). The van der Waals surface area contributed by atoms with Crippen molar-refractivity contribution in [1.29, 1.82) is 0 Å². The van der Waals surface area contributed by atoms with Crippen molar-refractivity contribution in [3.63, 3.8) is 0 Å². The average Bonchev–Trinajstić information content (AvgIpc) is 3.24. The molecule has 8 heteroatoms. The Morgan fingerprint density at radius 2 is 1.79 bits per heavy atom. The first-order valence-electron chi connectivity index (χ1n) is 10.0. The van der Waals surface area contributed by atoms with Crippen LogP contribution in [0.5, 0.6) is 0 Å². The van der Waals surface area contributed by atoms with Crippen molar-refractivity contribution >= 4 is 17.5 Å². The summed E-state index contributed by atoms with van der Waals surface area (Å²) in [6.45, 7) is 6.39. The molecule has 0 unspecified atom stereocenters. The monoisotopic (exact) mass is 419 g/mol. The second-order valence-electron chi connectivity index (χ2n) is 7.77. The van der Waals surface area contributed by atoms with Gasteiger partial charge in [-0.05, 0) is 37.1 Å². The first-order valence-corrected chi connectivity index (χ1v) is 10.4. The lowest BCUT2D eigenvalue weighted by Gasteiger charge is -2.42. The summed E-state index contributed by atoms with van der Waals surface area (Å²) in [5, 5.41) is 7.67. The fourth-order valence-corrected chi connectivity index (χ4v) is 4.05. The quantitative estimate of drug-likeness (QED) is 0.775. The molecule has 0 radical (unpaired) electrons. The molecule has 7 nitrogen and oxygen atoms in total. The molecule has 2 aliphatic rings. The van der Waals surface area contributed by atoms with Crippen molar-refractivity contribution in [2.75, 3.05) is 52.6 Å². The van der Waals surface area contributed by atoms with E-state index >= 15 is 0 Å². The van der Waals surface area contributed by atoms with Gasteiger partial charge >= 0.3 is 0 Å². The van der Waals surface area contributed by atoms with Gasteiger partial charge in [-0.3, -0.25) is 9.69 Å². The van der Waals surface area contributed by atoms with Crippen LogP contribution < -0.4 is 5.32 Å². The molecular weight excluding hydrogens is 394 g/mol. The van der Waals surface area contributed by atoms with Gasteiger partial charge < -0.3 is 19.3 Å². The molecular formula is C21H26ClN3O4. The minimum absolute atomic E-state index is 0.00793. The van der Waals surface area contributed by atoms with E-state index in [1.165, 1.54) is 0 Å². The second-order valence-corrected chi connectivity index (χ2v) is 8.20. The molecule has 0 atom stereocenters. The predicted molar refractivity (Wildman–Crippen MR) is 109 cm³/mol. The van der Waals surface area contributed by atoms with Gasteiger partial charge in [-0.15, -0.1) is 0 Å². The Bertz CT molecular complexity index is 812. The van der Waals surface area contributed by atoms with E-state index in [9.17, 15) is 4.79 Å². The van der Waals surface area contributed by atoms with Crippen LogP contribution in [0.25, 0.3) is 11.3 Å². The van der Waals surface area contributed by atoms with Crippen LogP contribution in [0.4, 0.5) is 0 Å². The molecule has 0 spiro atoms. The summed E-state index contributed by atoms with van der Waals surface area (Å²) in [5.41, 5.74) is 1.12. The third kappa shape index (κ3) is 5.17. The third-order valence-corrected chi connectivity index (χ3v) is 5.96. The molecule has 2 aromatic rings. The van der Waals surface area contributed by atoms with E-state index in [-0.39, 0.29) is 17.0 Å². The summed E-state index contributed by atoms with van der Waals surface area (Å²) in [7, 11) is 0. The predicted octanol–water partition coefficient (Wildman–Crippen LogP) is 2.85. The van der Waals surface area contributed by atoms with Crippen molar-refractivity contribution in [1.82, 2.24) is 15.4 Å². The van der Waals surface area contributed by atoms with Gasteiger partial charge in [0.1, 0.15) is 0 Å². The fraction of sp³-hybridized carbons (Fsp3) is 0.524. The van der Waals surface area contributed by atoms with Crippen LogP contribution in [0.3, 0.4) is 0 Å². The number of nitrogens with zero attached hydrogens (tertiary/aromatic N) is 2. The maximum Gasteiger partial charge on any atom is 0.273 e. The van der Waals surface area contributed by atoms with Crippen LogP contribution in [0.2, 0.25) is 5.02 Å². The van der Waals surface area contributed by atoms with E-state index in [0.29, 0.717) is 17.3 Å². The van der Waals surface area contributed by atoms with Gasteiger partial charge in [0, 0.05) is 61.5 Å². The molecule has 1 aromatic heterocycles. The molecule has 2 fully saturated rings. The van der Waals surface area contributed by atoms with Crippen LogP contribution in [0.15, 0.2) is 34.9 Å². The van der Waals surface area contributed by atoms with Gasteiger partial charge in [-0.1, -0.05) is 16.8 Å². The molecule has 1 aromatic carbocycles. The molecule has 2 saturated heterocycles. The van der Waals surface area contributed by atoms with Gasteiger partial charge in [-0.2, -0.15) is 0 Å². The van der Waals surface area contributed by atoms with Gasteiger partial charge in [0.05, 0.1) is 13.2 Å². The number of rotatable bonds is 6. The summed E-state index contributed by atoms with van der Waals surface area (Å²) < 4.78 is 16.4. The molecule has 1 N–H and O–H groups in total. The molecule has 0 aliphatic carbocycles. The van der Waals surface area contributed by atoms with Crippen LogP contribution in [0.1, 0.15) is 23.3 Å². The summed E-state index contributed by atoms with van der Waals surface area (Å²) in [5.74, 6) is 0.322. The van der Waals surface area contributed by atoms with E-state index in [2.05, 4.69) is 15.4 Å². The minimum Gasteiger partial charge on any atom is -0.381 e. The van der Waals surface area contributed by atoms with Crippen LogP contribution in [0, 0.1) is 5.41 Å². The summed E-state index contributed by atoms with van der Waals surface area (Å²) >= 11 is 5.92. The number of morpholine rings is 1. The topological polar surface area (TPSA) is 76.8 Å². The van der Waals surface area contributed by atoms with Crippen LogP contribution >= 0.6 is 11.6 Å². The number of aromatic nitrogens is 1. The van der Waals surface area contributed by atoms with E-state index in [4.69, 9.17) is 25.6 Å². The molecule has 156 valence electrons. The van der Waals surface area contributed by atoms with E-state index < -0.39 is 0 Å². The zero-order valence-electron chi connectivity index (χ0n) is 16.4. The lowest BCUT2D eigenvalue weighted by Crippen LogP contribution is -2.50. The number of nitrogens with one attached hydrogen (secondary N) is 1. The van der Waals surface area contributed by atoms with Crippen LogP contribution in [-0.4, -0.2) is 68.6 Å². The summed E-state index contributed by atoms with van der Waals surface area (Å²) in [4.78, 5) is 15.1. The number of hydrogen-bond acceptors (Lipinski definition) is 6. The summed E-state index contributed by atoms with van der Waals surface area (Å²) in [6, 6.07) is 8.89. The normalized spacial score (nSPS) is 19.8. The van der Waals surface area contributed by atoms with Crippen molar-refractivity contribution in [2.24, 2.45) is 5.41 Å². The highest BCUT2D eigenvalue weighted by atomic mass is 35.5.